The third-order valence-corrected chi connectivity index (χ3v) is 10.6. The van der Waals surface area contributed by atoms with E-state index in [9.17, 15) is 0 Å². The van der Waals surface area contributed by atoms with Crippen molar-refractivity contribution in [1.82, 2.24) is 0 Å². The van der Waals surface area contributed by atoms with Crippen LogP contribution in [-0.4, -0.2) is 6.16 Å². The van der Waals surface area contributed by atoms with E-state index >= 15 is 0 Å². The van der Waals surface area contributed by atoms with E-state index in [2.05, 4.69) is 105 Å². The molecular weight excluding hydrogens is 459 g/mol. The van der Waals surface area contributed by atoms with Gasteiger partial charge >= 0.3 is 0 Å². The Hall–Kier alpha value is -1.43. The topological polar surface area (TPSA) is 0 Å². The fourth-order valence-corrected chi connectivity index (χ4v) is 8.90. The van der Waals surface area contributed by atoms with Crippen molar-refractivity contribution < 1.29 is 17.0 Å². The Labute approximate surface area is 201 Å². The first-order chi connectivity index (χ1) is 14.7. The second kappa shape index (κ2) is 13.9. The lowest BCUT2D eigenvalue weighted by Crippen LogP contribution is -3.00. The Morgan fingerprint density at radius 2 is 0.871 bits per heavy atom. The molecule has 3 rings (SSSR count). The zero-order chi connectivity index (χ0) is 21.1. The van der Waals surface area contributed by atoms with Gasteiger partial charge in [-0.3, -0.25) is 0 Å². The molecule has 0 nitrogen and oxygen atoms in total. The highest BCUT2D eigenvalue weighted by molar-refractivity contribution is 7.95. The van der Waals surface area contributed by atoms with E-state index in [1.165, 1.54) is 67.0 Å². The van der Waals surface area contributed by atoms with Gasteiger partial charge < -0.3 is 17.0 Å². The minimum absolute atomic E-state index is 0. The summed E-state index contributed by atoms with van der Waals surface area (Å²) >= 11 is 0. The average molecular weight is 498 g/mol. The van der Waals surface area contributed by atoms with Crippen molar-refractivity contribution in [3.63, 3.8) is 0 Å². The minimum Gasteiger partial charge on any atom is -1.00 e. The van der Waals surface area contributed by atoms with Gasteiger partial charge in [-0.25, -0.2) is 0 Å². The molecule has 0 amide bonds. The van der Waals surface area contributed by atoms with Crippen molar-refractivity contribution in [1.29, 1.82) is 0 Å². The Bertz CT molecular complexity index is 734. The Morgan fingerprint density at radius 1 is 0.516 bits per heavy atom. The molecule has 0 radical (unpaired) electrons. The van der Waals surface area contributed by atoms with Crippen LogP contribution in [0.5, 0.6) is 0 Å². The van der Waals surface area contributed by atoms with E-state index in [1.807, 2.05) is 0 Å². The fourth-order valence-electron chi connectivity index (χ4n) is 4.49. The van der Waals surface area contributed by atoms with Gasteiger partial charge in [0.25, 0.3) is 0 Å². The van der Waals surface area contributed by atoms with Crippen LogP contribution in [0.15, 0.2) is 91.0 Å². The van der Waals surface area contributed by atoms with E-state index in [-0.39, 0.29) is 17.0 Å². The molecule has 0 saturated heterocycles. The molecule has 0 heterocycles. The van der Waals surface area contributed by atoms with Crippen molar-refractivity contribution in [3.05, 3.63) is 91.0 Å². The van der Waals surface area contributed by atoms with Gasteiger partial charge in [-0.15, -0.1) is 0 Å². The molecule has 0 bridgehead atoms. The molecule has 0 spiro atoms. The number of unbranched alkanes of at least 4 members (excludes halogenated alkanes) is 5. The highest BCUT2D eigenvalue weighted by atomic mass is 79.9. The molecule has 0 aliphatic rings. The molecule has 2 heteroatoms. The van der Waals surface area contributed by atoms with Crippen LogP contribution in [0.3, 0.4) is 0 Å². The summed E-state index contributed by atoms with van der Waals surface area (Å²) in [5.41, 5.74) is 0. The van der Waals surface area contributed by atoms with E-state index in [0.717, 1.165) is 5.92 Å². The van der Waals surface area contributed by atoms with Crippen LogP contribution >= 0.6 is 7.26 Å². The number of benzene rings is 3. The Balaban J connectivity index is 0.00000341. The Kier molecular flexibility index (Phi) is 11.6. The molecule has 0 saturated carbocycles. The molecule has 0 unspecified atom stereocenters. The summed E-state index contributed by atoms with van der Waals surface area (Å²) in [5.74, 6) is 0.845. The minimum atomic E-state index is -1.63. The molecule has 31 heavy (non-hydrogen) atoms. The summed E-state index contributed by atoms with van der Waals surface area (Å²) in [6.45, 7) is 4.67. The van der Waals surface area contributed by atoms with Crippen LogP contribution in [0.1, 0.15) is 58.8 Å². The lowest BCUT2D eigenvalue weighted by molar-refractivity contribution is -0.00000623. The third kappa shape index (κ3) is 7.30. The van der Waals surface area contributed by atoms with Crippen LogP contribution in [0.4, 0.5) is 0 Å². The summed E-state index contributed by atoms with van der Waals surface area (Å²) in [6.07, 6.45) is 10.8. The lowest BCUT2D eigenvalue weighted by Gasteiger charge is -2.27. The van der Waals surface area contributed by atoms with Crippen LogP contribution in [-0.2, 0) is 0 Å². The van der Waals surface area contributed by atoms with Crippen LogP contribution in [0.2, 0.25) is 0 Å². The van der Waals surface area contributed by atoms with E-state index in [4.69, 9.17) is 0 Å². The monoisotopic (exact) mass is 496 g/mol. The predicted octanol–water partition coefficient (Wildman–Crippen LogP) is 4.37. The van der Waals surface area contributed by atoms with E-state index < -0.39 is 7.26 Å². The van der Waals surface area contributed by atoms with Crippen molar-refractivity contribution in [2.45, 2.75) is 58.8 Å². The summed E-state index contributed by atoms with van der Waals surface area (Å²) in [6, 6.07) is 33.9. The third-order valence-electron chi connectivity index (χ3n) is 6.12. The highest BCUT2D eigenvalue weighted by Crippen LogP contribution is 2.55. The van der Waals surface area contributed by atoms with Gasteiger partial charge in [0.1, 0.15) is 23.2 Å². The SMILES string of the molecule is CC(C)CCCCCCCC[P+](c1ccccc1)(c1ccccc1)c1ccccc1.[Br-]. The number of halogens is 1. The van der Waals surface area contributed by atoms with Gasteiger partial charge in [0.15, 0.2) is 0 Å². The van der Waals surface area contributed by atoms with Crippen molar-refractivity contribution in [2.75, 3.05) is 6.16 Å². The molecule has 0 N–H and O–H groups in total. The first kappa shape index (κ1) is 25.8. The average Bonchev–Trinajstić information content (AvgIpc) is 2.80. The normalized spacial score (nSPS) is 11.3. The van der Waals surface area contributed by atoms with Crippen molar-refractivity contribution in [2.24, 2.45) is 5.92 Å². The van der Waals surface area contributed by atoms with Crippen LogP contribution in [0, 0.1) is 5.92 Å². The highest BCUT2D eigenvalue weighted by Gasteiger charge is 2.44. The van der Waals surface area contributed by atoms with Crippen LogP contribution < -0.4 is 32.9 Å². The number of hydrogen-bond donors (Lipinski definition) is 0. The molecule has 0 aliphatic heterocycles. The number of hydrogen-bond acceptors (Lipinski definition) is 0. The maximum atomic E-state index is 2.36. The molecule has 0 aromatic heterocycles. The molecule has 0 aliphatic carbocycles. The zero-order valence-electron chi connectivity index (χ0n) is 19.2. The lowest BCUT2D eigenvalue weighted by atomic mass is 10.0. The first-order valence-electron chi connectivity index (χ1n) is 11.8. The van der Waals surface area contributed by atoms with Crippen molar-refractivity contribution >= 4 is 23.2 Å². The maximum Gasteiger partial charge on any atom is 0.112 e. The second-order valence-corrected chi connectivity index (χ2v) is 12.5. The zero-order valence-corrected chi connectivity index (χ0v) is 21.7. The van der Waals surface area contributed by atoms with Gasteiger partial charge in [0, 0.05) is 0 Å². The molecule has 166 valence electrons. The summed E-state index contributed by atoms with van der Waals surface area (Å²) in [4.78, 5) is 0. The predicted molar refractivity (Wildman–Crippen MR) is 137 cm³/mol. The van der Waals surface area contributed by atoms with Gasteiger partial charge in [-0.05, 0) is 55.2 Å². The summed E-state index contributed by atoms with van der Waals surface area (Å²) < 4.78 is 0. The largest absolute Gasteiger partial charge is 1.00 e. The molecule has 3 aromatic rings. The molecule has 3 aromatic carbocycles. The van der Waals surface area contributed by atoms with Crippen molar-refractivity contribution in [3.8, 4) is 0 Å². The Morgan fingerprint density at radius 3 is 1.26 bits per heavy atom. The molecular formula is C29H38BrP. The standard InChI is InChI=1S/C29H38P.BrH/c1-26(2)18-10-5-3-4-6-17-25-30(27-19-11-7-12-20-27,28-21-13-8-14-22-28)29-23-15-9-16-24-29;/h7-9,11-16,19-24,26H,3-6,10,17-18,25H2,1-2H3;1H/q+1;/p-1. The smallest absolute Gasteiger partial charge is 0.112 e. The van der Waals surface area contributed by atoms with E-state index in [0.29, 0.717) is 0 Å². The fraction of sp³-hybridized carbons (Fsp3) is 0.379. The van der Waals surface area contributed by atoms with Gasteiger partial charge in [0.05, 0.1) is 6.16 Å². The quantitative estimate of drug-likeness (QED) is 0.258. The maximum absolute atomic E-state index is 2.36. The number of rotatable bonds is 12. The summed E-state index contributed by atoms with van der Waals surface area (Å²) in [5, 5.41) is 4.54. The van der Waals surface area contributed by atoms with Gasteiger partial charge in [-0.1, -0.05) is 101 Å². The van der Waals surface area contributed by atoms with Crippen LogP contribution in [0.25, 0.3) is 0 Å². The second-order valence-electron chi connectivity index (χ2n) is 8.84. The molecule has 0 atom stereocenters. The van der Waals surface area contributed by atoms with Gasteiger partial charge in [-0.2, -0.15) is 0 Å². The first-order valence-corrected chi connectivity index (χ1v) is 13.8. The van der Waals surface area contributed by atoms with E-state index in [1.54, 1.807) is 0 Å². The summed E-state index contributed by atoms with van der Waals surface area (Å²) in [7, 11) is -1.63. The van der Waals surface area contributed by atoms with Gasteiger partial charge in [0.2, 0.25) is 0 Å². The molecule has 0 fully saturated rings.